The van der Waals surface area contributed by atoms with Gasteiger partial charge in [0, 0.05) is 16.1 Å². The number of benzene rings is 2. The molecule has 1 aromatic heterocycles. The van der Waals surface area contributed by atoms with Gasteiger partial charge in [-0.05, 0) is 54.3 Å². The van der Waals surface area contributed by atoms with Gasteiger partial charge in [0.2, 0.25) is 0 Å². The van der Waals surface area contributed by atoms with E-state index in [0.717, 1.165) is 10.4 Å². The van der Waals surface area contributed by atoms with E-state index in [1.165, 1.54) is 0 Å². The van der Waals surface area contributed by atoms with E-state index >= 15 is 0 Å². The van der Waals surface area contributed by atoms with Crippen LogP contribution in [-0.2, 0) is 4.74 Å². The van der Waals surface area contributed by atoms with Gasteiger partial charge in [0.1, 0.15) is 0 Å². The van der Waals surface area contributed by atoms with Crippen LogP contribution >= 0.6 is 11.3 Å². The summed E-state index contributed by atoms with van der Waals surface area (Å²) in [6.45, 7) is 2.06. The van der Waals surface area contributed by atoms with Gasteiger partial charge in [-0.25, -0.2) is 4.79 Å². The molecule has 0 aliphatic heterocycles. The quantitative estimate of drug-likeness (QED) is 0.669. The van der Waals surface area contributed by atoms with Crippen LogP contribution < -0.4 is 5.32 Å². The molecule has 0 unspecified atom stereocenters. The second-order valence-electron chi connectivity index (χ2n) is 5.31. The largest absolute Gasteiger partial charge is 0.462 e. The smallest absolute Gasteiger partial charge is 0.338 e. The molecule has 0 saturated carbocycles. The first-order valence-corrected chi connectivity index (χ1v) is 8.78. The number of rotatable bonds is 5. The summed E-state index contributed by atoms with van der Waals surface area (Å²) in [5.41, 5.74) is 2.60. The Morgan fingerprint density at radius 2 is 1.80 bits per heavy atom. The van der Waals surface area contributed by atoms with Gasteiger partial charge in [0.25, 0.3) is 5.91 Å². The first-order chi connectivity index (χ1) is 12.2. The van der Waals surface area contributed by atoms with Gasteiger partial charge in [-0.15, -0.1) is 11.3 Å². The lowest BCUT2D eigenvalue weighted by molar-refractivity contribution is 0.0526. The van der Waals surface area contributed by atoms with Crippen molar-refractivity contribution in [2.75, 3.05) is 11.9 Å². The van der Waals surface area contributed by atoms with Gasteiger partial charge in [-0.1, -0.05) is 24.3 Å². The maximum absolute atomic E-state index is 12.4. The molecule has 0 atom stereocenters. The van der Waals surface area contributed by atoms with E-state index in [-0.39, 0.29) is 5.91 Å². The first kappa shape index (κ1) is 16.9. The van der Waals surface area contributed by atoms with Gasteiger partial charge in [-0.3, -0.25) is 4.79 Å². The fourth-order valence-corrected chi connectivity index (χ4v) is 3.10. The summed E-state index contributed by atoms with van der Waals surface area (Å²) < 4.78 is 4.97. The highest BCUT2D eigenvalue weighted by molar-refractivity contribution is 7.13. The third-order valence-electron chi connectivity index (χ3n) is 3.58. The summed E-state index contributed by atoms with van der Waals surface area (Å²) in [7, 11) is 0. The Morgan fingerprint density at radius 3 is 2.48 bits per heavy atom. The summed E-state index contributed by atoms with van der Waals surface area (Å²) >= 11 is 1.66. The third kappa shape index (κ3) is 4.14. The van der Waals surface area contributed by atoms with E-state index in [1.807, 2.05) is 29.6 Å². The monoisotopic (exact) mass is 351 g/mol. The van der Waals surface area contributed by atoms with Crippen LogP contribution in [0.1, 0.15) is 27.6 Å². The van der Waals surface area contributed by atoms with Crippen molar-refractivity contribution in [3.05, 3.63) is 77.2 Å². The van der Waals surface area contributed by atoms with Crippen molar-refractivity contribution in [2.24, 2.45) is 0 Å². The van der Waals surface area contributed by atoms with Crippen LogP contribution in [0.4, 0.5) is 5.69 Å². The molecular formula is C20H17NO3S. The van der Waals surface area contributed by atoms with Gasteiger partial charge in [-0.2, -0.15) is 0 Å². The van der Waals surface area contributed by atoms with Crippen LogP contribution in [0.2, 0.25) is 0 Å². The van der Waals surface area contributed by atoms with E-state index < -0.39 is 5.97 Å². The highest BCUT2D eigenvalue weighted by Gasteiger charge is 2.10. The number of hydrogen-bond acceptors (Lipinski definition) is 4. The van der Waals surface area contributed by atoms with Crippen LogP contribution in [0.25, 0.3) is 10.4 Å². The molecular weight excluding hydrogens is 334 g/mol. The molecule has 0 aliphatic rings. The molecule has 2 aromatic carbocycles. The van der Waals surface area contributed by atoms with E-state index in [2.05, 4.69) is 5.32 Å². The number of carbonyl (C=O) groups excluding carboxylic acids is 2. The van der Waals surface area contributed by atoms with Crippen molar-refractivity contribution < 1.29 is 14.3 Å². The number of anilines is 1. The molecule has 0 saturated heterocycles. The van der Waals surface area contributed by atoms with Crippen molar-refractivity contribution in [1.29, 1.82) is 0 Å². The molecule has 4 nitrogen and oxygen atoms in total. The fourth-order valence-electron chi connectivity index (χ4n) is 2.37. The highest BCUT2D eigenvalue weighted by atomic mass is 32.1. The predicted molar refractivity (Wildman–Crippen MR) is 100 cm³/mol. The molecule has 3 rings (SSSR count). The van der Waals surface area contributed by atoms with Crippen LogP contribution in [0, 0.1) is 0 Å². The summed E-state index contributed by atoms with van der Waals surface area (Å²) in [6, 6.07) is 18.2. The zero-order chi connectivity index (χ0) is 17.6. The molecule has 126 valence electrons. The van der Waals surface area contributed by atoms with E-state index in [1.54, 1.807) is 54.7 Å². The topological polar surface area (TPSA) is 55.4 Å². The number of hydrogen-bond donors (Lipinski definition) is 1. The molecule has 0 spiro atoms. The average molecular weight is 351 g/mol. The second kappa shape index (κ2) is 7.77. The van der Waals surface area contributed by atoms with Crippen molar-refractivity contribution >= 4 is 28.9 Å². The van der Waals surface area contributed by atoms with Gasteiger partial charge >= 0.3 is 5.97 Å². The summed E-state index contributed by atoms with van der Waals surface area (Å²) in [4.78, 5) is 25.3. The number of carbonyl (C=O) groups is 2. The molecule has 5 heteroatoms. The number of ether oxygens (including phenoxy) is 1. The maximum Gasteiger partial charge on any atom is 0.338 e. The van der Waals surface area contributed by atoms with E-state index in [9.17, 15) is 9.59 Å². The third-order valence-corrected chi connectivity index (χ3v) is 4.50. The van der Waals surface area contributed by atoms with Crippen molar-refractivity contribution in [1.82, 2.24) is 0 Å². The molecule has 3 aromatic rings. The van der Waals surface area contributed by atoms with Crippen LogP contribution in [0.15, 0.2) is 66.0 Å². The highest BCUT2D eigenvalue weighted by Crippen LogP contribution is 2.25. The Hall–Kier alpha value is -2.92. The van der Waals surface area contributed by atoms with Gasteiger partial charge in [0.15, 0.2) is 0 Å². The first-order valence-electron chi connectivity index (χ1n) is 7.90. The van der Waals surface area contributed by atoms with Crippen LogP contribution in [-0.4, -0.2) is 18.5 Å². The fraction of sp³-hybridized carbons (Fsp3) is 0.100. The zero-order valence-corrected chi connectivity index (χ0v) is 14.5. The predicted octanol–water partition coefficient (Wildman–Crippen LogP) is 4.84. The van der Waals surface area contributed by atoms with Gasteiger partial charge < -0.3 is 10.1 Å². The summed E-state index contributed by atoms with van der Waals surface area (Å²) in [5, 5.41) is 4.83. The SMILES string of the molecule is CCOC(=O)c1cccc(NC(=O)c2ccc(-c3cccs3)cc2)c1. The lowest BCUT2D eigenvalue weighted by atomic mass is 10.1. The van der Waals surface area contributed by atoms with Crippen molar-refractivity contribution in [3.63, 3.8) is 0 Å². The van der Waals surface area contributed by atoms with E-state index in [0.29, 0.717) is 23.4 Å². The number of amides is 1. The average Bonchev–Trinajstić information content (AvgIpc) is 3.17. The number of thiophene rings is 1. The molecule has 0 radical (unpaired) electrons. The second-order valence-corrected chi connectivity index (χ2v) is 6.26. The minimum absolute atomic E-state index is 0.223. The van der Waals surface area contributed by atoms with E-state index in [4.69, 9.17) is 4.74 Å². The molecule has 1 heterocycles. The molecule has 0 fully saturated rings. The Kier molecular flexibility index (Phi) is 5.26. The Balaban J connectivity index is 1.72. The zero-order valence-electron chi connectivity index (χ0n) is 13.7. The van der Waals surface area contributed by atoms with Crippen molar-refractivity contribution in [2.45, 2.75) is 6.92 Å². The van der Waals surface area contributed by atoms with Crippen LogP contribution in [0.5, 0.6) is 0 Å². The lowest BCUT2D eigenvalue weighted by Crippen LogP contribution is -2.12. The summed E-state index contributed by atoms with van der Waals surface area (Å²) in [5.74, 6) is -0.627. The molecule has 25 heavy (non-hydrogen) atoms. The maximum atomic E-state index is 12.4. The Bertz CT molecular complexity index is 870. The van der Waals surface area contributed by atoms with Crippen LogP contribution in [0.3, 0.4) is 0 Å². The summed E-state index contributed by atoms with van der Waals surface area (Å²) in [6.07, 6.45) is 0. The molecule has 1 N–H and O–H groups in total. The standard InChI is InChI=1S/C20H17NO3S/c1-2-24-20(23)16-5-3-6-17(13-16)21-19(22)15-10-8-14(9-11-15)18-7-4-12-25-18/h3-13H,2H2,1H3,(H,21,22). The van der Waals surface area contributed by atoms with Crippen molar-refractivity contribution in [3.8, 4) is 10.4 Å². The Morgan fingerprint density at radius 1 is 1.00 bits per heavy atom. The molecule has 1 amide bonds. The molecule has 0 aliphatic carbocycles. The number of nitrogens with one attached hydrogen (secondary N) is 1. The minimum atomic E-state index is -0.404. The Labute approximate surface area is 150 Å². The molecule has 0 bridgehead atoms. The lowest BCUT2D eigenvalue weighted by Gasteiger charge is -2.08. The normalized spacial score (nSPS) is 10.3. The minimum Gasteiger partial charge on any atom is -0.462 e. The number of esters is 1. The van der Waals surface area contributed by atoms with Gasteiger partial charge in [0.05, 0.1) is 12.2 Å².